The Labute approximate surface area is 231 Å². The van der Waals surface area contributed by atoms with Crippen LogP contribution in [0.2, 0.25) is 0 Å². The van der Waals surface area contributed by atoms with Crippen molar-refractivity contribution in [1.82, 2.24) is 0 Å². The van der Waals surface area contributed by atoms with Crippen LogP contribution in [0.15, 0.2) is 66.7 Å². The zero-order valence-electron chi connectivity index (χ0n) is 23.1. The van der Waals surface area contributed by atoms with E-state index in [4.69, 9.17) is 4.74 Å². The maximum atomic E-state index is 15.3. The fourth-order valence-corrected chi connectivity index (χ4v) is 6.88. The highest BCUT2D eigenvalue weighted by Gasteiger charge is 2.31. The second-order valence-corrected chi connectivity index (χ2v) is 11.3. The molecule has 1 nitrogen and oxygen atoms in total. The van der Waals surface area contributed by atoms with E-state index in [9.17, 15) is 8.78 Å². The van der Waals surface area contributed by atoms with Crippen LogP contribution in [-0.4, -0.2) is 6.61 Å². The van der Waals surface area contributed by atoms with Crippen LogP contribution in [0.25, 0.3) is 22.3 Å². The van der Waals surface area contributed by atoms with Crippen LogP contribution >= 0.6 is 0 Å². The number of hydrogen-bond donors (Lipinski definition) is 0. The van der Waals surface area contributed by atoms with Crippen molar-refractivity contribution in [3.63, 3.8) is 0 Å². The molecule has 2 saturated carbocycles. The Bertz CT molecular complexity index is 1280. The van der Waals surface area contributed by atoms with Gasteiger partial charge in [-0.05, 0) is 124 Å². The lowest BCUT2D eigenvalue weighted by atomic mass is 9.68. The third-order valence-corrected chi connectivity index (χ3v) is 9.04. The van der Waals surface area contributed by atoms with Gasteiger partial charge < -0.3 is 4.74 Å². The maximum Gasteiger partial charge on any atom is 0.201 e. The monoisotopic (exact) mass is 532 g/mol. The molecule has 39 heavy (non-hydrogen) atoms. The molecule has 0 bridgehead atoms. The van der Waals surface area contributed by atoms with Gasteiger partial charge in [-0.15, -0.1) is 0 Å². The molecular weight excluding hydrogens is 493 g/mol. The van der Waals surface area contributed by atoms with E-state index in [0.29, 0.717) is 22.6 Å². The first kappa shape index (κ1) is 27.6. The Hall–Kier alpha value is -3.01. The number of allylic oxidation sites excluding steroid dienone is 2. The van der Waals surface area contributed by atoms with Gasteiger partial charge in [-0.25, -0.2) is 8.78 Å². The summed E-state index contributed by atoms with van der Waals surface area (Å²) in [4.78, 5) is 0. The van der Waals surface area contributed by atoms with E-state index in [-0.39, 0.29) is 23.7 Å². The smallest absolute Gasteiger partial charge is 0.201 e. The van der Waals surface area contributed by atoms with Crippen molar-refractivity contribution in [1.29, 1.82) is 0 Å². The topological polar surface area (TPSA) is 9.23 Å². The highest BCUT2D eigenvalue weighted by Crippen LogP contribution is 2.44. The molecule has 0 radical (unpaired) electrons. The van der Waals surface area contributed by atoms with Gasteiger partial charge in [0.05, 0.1) is 6.61 Å². The van der Waals surface area contributed by atoms with Crippen LogP contribution in [0.3, 0.4) is 0 Å². The zero-order chi connectivity index (χ0) is 27.4. The van der Waals surface area contributed by atoms with Crippen molar-refractivity contribution < 1.29 is 17.9 Å². The Morgan fingerprint density at radius 2 is 1.31 bits per heavy atom. The van der Waals surface area contributed by atoms with Gasteiger partial charge in [-0.2, -0.15) is 4.39 Å². The lowest BCUT2D eigenvalue weighted by Crippen LogP contribution is -2.25. The quantitative estimate of drug-likeness (QED) is 0.275. The molecule has 2 aliphatic rings. The minimum atomic E-state index is -0.995. The molecule has 0 heterocycles. The number of ether oxygens (including phenoxy) is 1. The molecule has 2 aliphatic carbocycles. The van der Waals surface area contributed by atoms with E-state index in [1.807, 2.05) is 6.07 Å². The minimum absolute atomic E-state index is 0.0989. The number of benzene rings is 3. The molecule has 0 unspecified atom stereocenters. The summed E-state index contributed by atoms with van der Waals surface area (Å²) < 4.78 is 49.4. The Morgan fingerprint density at radius 1 is 0.718 bits per heavy atom. The Balaban J connectivity index is 1.22. The van der Waals surface area contributed by atoms with Crippen LogP contribution in [0.4, 0.5) is 13.2 Å². The number of rotatable bonds is 7. The maximum absolute atomic E-state index is 15.3. The van der Waals surface area contributed by atoms with Gasteiger partial charge in [-0.1, -0.05) is 48.6 Å². The molecule has 0 amide bonds. The molecule has 0 aromatic heterocycles. The van der Waals surface area contributed by atoms with E-state index < -0.39 is 11.6 Å². The molecule has 3 aromatic carbocycles. The molecular formula is C35H39F3O. The first-order valence-electron chi connectivity index (χ1n) is 14.6. The predicted molar refractivity (Wildman–Crippen MR) is 153 cm³/mol. The van der Waals surface area contributed by atoms with E-state index in [2.05, 4.69) is 25.1 Å². The van der Waals surface area contributed by atoms with E-state index in [1.54, 1.807) is 37.3 Å². The summed E-state index contributed by atoms with van der Waals surface area (Å²) in [6.45, 7) is 4.10. The summed E-state index contributed by atoms with van der Waals surface area (Å²) in [6.07, 6.45) is 14.7. The molecule has 2 fully saturated rings. The average molecular weight is 533 g/mol. The van der Waals surface area contributed by atoms with Crippen molar-refractivity contribution in [3.05, 3.63) is 89.8 Å². The van der Waals surface area contributed by atoms with Crippen molar-refractivity contribution in [2.75, 3.05) is 6.61 Å². The minimum Gasteiger partial charge on any atom is -0.491 e. The van der Waals surface area contributed by atoms with E-state index in [1.165, 1.54) is 50.7 Å². The van der Waals surface area contributed by atoms with Crippen molar-refractivity contribution in [3.8, 4) is 28.0 Å². The first-order chi connectivity index (χ1) is 19.0. The molecule has 0 spiro atoms. The van der Waals surface area contributed by atoms with E-state index >= 15 is 4.39 Å². The largest absolute Gasteiger partial charge is 0.491 e. The van der Waals surface area contributed by atoms with Crippen LogP contribution in [0.1, 0.15) is 76.7 Å². The number of hydrogen-bond acceptors (Lipinski definition) is 1. The van der Waals surface area contributed by atoms with Gasteiger partial charge in [0.1, 0.15) is 5.82 Å². The lowest BCUT2D eigenvalue weighted by Gasteiger charge is -2.37. The predicted octanol–water partition coefficient (Wildman–Crippen LogP) is 10.5. The zero-order valence-corrected chi connectivity index (χ0v) is 23.1. The first-order valence-corrected chi connectivity index (χ1v) is 14.6. The molecule has 0 atom stereocenters. The van der Waals surface area contributed by atoms with Gasteiger partial charge in [0.2, 0.25) is 5.82 Å². The fourth-order valence-electron chi connectivity index (χ4n) is 6.88. The molecule has 0 saturated heterocycles. The summed E-state index contributed by atoms with van der Waals surface area (Å²) in [5, 5.41) is 0. The Morgan fingerprint density at radius 3 is 1.90 bits per heavy atom. The van der Waals surface area contributed by atoms with Gasteiger partial charge in [0.15, 0.2) is 11.6 Å². The second kappa shape index (κ2) is 12.4. The molecule has 0 N–H and O–H groups in total. The lowest BCUT2D eigenvalue weighted by molar-refractivity contribution is 0.171. The van der Waals surface area contributed by atoms with Gasteiger partial charge in [-0.3, -0.25) is 0 Å². The SMILES string of the molecule is CC=CC1CCC(C2CCC(c3ccc(-c4ccc(-c5ccc(OCC)c(F)c5F)cc4)c(F)c3)CC2)CC1. The summed E-state index contributed by atoms with van der Waals surface area (Å²) in [6, 6.07) is 15.5. The molecule has 0 aliphatic heterocycles. The third-order valence-electron chi connectivity index (χ3n) is 9.04. The van der Waals surface area contributed by atoms with Crippen LogP contribution < -0.4 is 4.74 Å². The van der Waals surface area contributed by atoms with Gasteiger partial charge in [0, 0.05) is 11.1 Å². The summed E-state index contributed by atoms with van der Waals surface area (Å²) in [7, 11) is 0. The van der Waals surface area contributed by atoms with Gasteiger partial charge >= 0.3 is 0 Å². The summed E-state index contributed by atoms with van der Waals surface area (Å²) in [5.41, 5.74) is 3.01. The fraction of sp³-hybridized carbons (Fsp3) is 0.429. The Kier molecular flexibility index (Phi) is 8.79. The van der Waals surface area contributed by atoms with Crippen molar-refractivity contribution >= 4 is 0 Å². The number of halogens is 3. The van der Waals surface area contributed by atoms with Crippen molar-refractivity contribution in [2.24, 2.45) is 17.8 Å². The molecule has 5 rings (SSSR count). The van der Waals surface area contributed by atoms with Gasteiger partial charge in [0.25, 0.3) is 0 Å². The van der Waals surface area contributed by atoms with E-state index in [0.717, 1.165) is 36.2 Å². The molecule has 3 aromatic rings. The highest BCUT2D eigenvalue weighted by atomic mass is 19.2. The third kappa shape index (κ3) is 6.10. The van der Waals surface area contributed by atoms with Crippen LogP contribution in [0.5, 0.6) is 5.75 Å². The average Bonchev–Trinajstić information content (AvgIpc) is 2.97. The second-order valence-electron chi connectivity index (χ2n) is 11.3. The standard InChI is InChI=1S/C35H39F3O/c1-3-5-23-6-8-24(9-7-23)25-10-12-26(13-11-25)29-18-19-30(32(36)22-29)27-14-16-28(17-15-27)31-20-21-33(39-4-2)35(38)34(31)37/h3,5,14-26H,4,6-13H2,1-2H3. The van der Waals surface area contributed by atoms with Crippen molar-refractivity contribution in [2.45, 2.75) is 71.1 Å². The molecule has 4 heteroatoms. The van der Waals surface area contributed by atoms with Crippen LogP contribution in [-0.2, 0) is 0 Å². The molecule has 206 valence electrons. The summed E-state index contributed by atoms with van der Waals surface area (Å²) >= 11 is 0. The normalized spacial score (nSPS) is 23.7. The van der Waals surface area contributed by atoms with Crippen LogP contribution in [0, 0.1) is 35.2 Å². The summed E-state index contributed by atoms with van der Waals surface area (Å²) in [5.74, 6) is 0.610. The highest BCUT2D eigenvalue weighted by molar-refractivity contribution is 5.71.